The summed E-state index contributed by atoms with van der Waals surface area (Å²) in [6.07, 6.45) is -0.323. The fourth-order valence-electron chi connectivity index (χ4n) is 1.75. The van der Waals surface area contributed by atoms with Gasteiger partial charge in [0.05, 0.1) is 29.3 Å². The van der Waals surface area contributed by atoms with E-state index < -0.39 is 45.2 Å². The first-order chi connectivity index (χ1) is 10.5. The lowest BCUT2D eigenvalue weighted by Gasteiger charge is -2.24. The van der Waals surface area contributed by atoms with Crippen LogP contribution in [0.4, 0.5) is 13.2 Å². The van der Waals surface area contributed by atoms with E-state index in [1.54, 1.807) is 20.8 Å². The molecule has 0 aliphatic carbocycles. The van der Waals surface area contributed by atoms with Crippen molar-refractivity contribution < 1.29 is 26.9 Å². The van der Waals surface area contributed by atoms with Crippen molar-refractivity contribution in [1.82, 2.24) is 4.72 Å². The molecule has 0 heterocycles. The van der Waals surface area contributed by atoms with Gasteiger partial charge in [-0.2, -0.15) is 0 Å². The number of esters is 1. The predicted molar refractivity (Wildman–Crippen MR) is 81.5 cm³/mol. The summed E-state index contributed by atoms with van der Waals surface area (Å²) in [5, 5.41) is 0. The Balaban J connectivity index is 2.99. The number of ether oxygens (including phenoxy) is 1. The summed E-state index contributed by atoms with van der Waals surface area (Å²) >= 11 is 0. The van der Waals surface area contributed by atoms with Crippen LogP contribution in [-0.2, 0) is 26.9 Å². The third-order valence-electron chi connectivity index (χ3n) is 3.03. The van der Waals surface area contributed by atoms with Gasteiger partial charge in [-0.3, -0.25) is 4.79 Å². The molecular formula is C15H20F3NO3S. The Morgan fingerprint density at radius 2 is 1.78 bits per heavy atom. The highest BCUT2D eigenvalue weighted by molar-refractivity contribution is 7.84. The zero-order chi connectivity index (χ0) is 17.8. The molecule has 4 nitrogen and oxygen atoms in total. The normalized spacial score (nSPS) is 14.4. The first kappa shape index (κ1) is 19.6. The second kappa shape index (κ2) is 7.92. The molecule has 1 aromatic rings. The van der Waals surface area contributed by atoms with Gasteiger partial charge in [0, 0.05) is 12.1 Å². The van der Waals surface area contributed by atoms with Crippen molar-refractivity contribution in [1.29, 1.82) is 0 Å². The molecule has 0 saturated carbocycles. The van der Waals surface area contributed by atoms with Gasteiger partial charge in [-0.15, -0.1) is 0 Å². The zero-order valence-electron chi connectivity index (χ0n) is 13.4. The van der Waals surface area contributed by atoms with Gasteiger partial charge in [0.1, 0.15) is 5.82 Å². The molecule has 0 spiro atoms. The van der Waals surface area contributed by atoms with E-state index in [1.165, 1.54) is 7.11 Å². The first-order valence-electron chi connectivity index (χ1n) is 6.93. The second-order valence-corrected chi connectivity index (χ2v) is 8.04. The van der Waals surface area contributed by atoms with Crippen molar-refractivity contribution >= 4 is 17.0 Å². The quantitative estimate of drug-likeness (QED) is 0.633. The van der Waals surface area contributed by atoms with E-state index in [0.29, 0.717) is 6.07 Å². The first-order valence-corrected chi connectivity index (χ1v) is 8.08. The highest BCUT2D eigenvalue weighted by Crippen LogP contribution is 2.18. The van der Waals surface area contributed by atoms with Crippen LogP contribution >= 0.6 is 0 Å². The molecule has 0 amide bonds. The van der Waals surface area contributed by atoms with E-state index in [0.717, 1.165) is 6.07 Å². The van der Waals surface area contributed by atoms with Crippen LogP contribution in [0.25, 0.3) is 0 Å². The number of carbonyl (C=O) groups excluding carboxylic acids is 1. The maximum absolute atomic E-state index is 13.8. The van der Waals surface area contributed by atoms with Crippen molar-refractivity contribution in [3.63, 3.8) is 0 Å². The molecule has 1 aromatic carbocycles. The van der Waals surface area contributed by atoms with Crippen LogP contribution in [0.2, 0.25) is 0 Å². The fourth-order valence-corrected chi connectivity index (χ4v) is 2.58. The average Bonchev–Trinajstić information content (AvgIpc) is 2.43. The molecule has 1 rings (SSSR count). The summed E-state index contributed by atoms with van der Waals surface area (Å²) in [5.41, 5.74) is -0.115. The van der Waals surface area contributed by atoms with Crippen molar-refractivity contribution in [2.75, 3.05) is 7.11 Å². The number of hydrogen-bond donors (Lipinski definition) is 1. The van der Waals surface area contributed by atoms with Crippen LogP contribution in [0.5, 0.6) is 0 Å². The number of hydrogen-bond acceptors (Lipinski definition) is 3. The molecule has 0 aliphatic heterocycles. The Hall–Kier alpha value is -1.41. The molecule has 8 heteroatoms. The SMILES string of the molecule is COC(=O)C[C@@H](Cc1cc(F)c(F)cc1F)N[S@](=O)C(C)(C)C. The van der Waals surface area contributed by atoms with Crippen LogP contribution in [0.3, 0.4) is 0 Å². The number of nitrogens with one attached hydrogen (secondary N) is 1. The van der Waals surface area contributed by atoms with E-state index in [-0.39, 0.29) is 18.4 Å². The third kappa shape index (κ3) is 5.95. The minimum Gasteiger partial charge on any atom is -0.469 e. The van der Waals surface area contributed by atoms with Gasteiger partial charge < -0.3 is 4.74 Å². The number of carbonyl (C=O) groups is 1. The lowest BCUT2D eigenvalue weighted by atomic mass is 10.0. The van der Waals surface area contributed by atoms with E-state index in [2.05, 4.69) is 9.46 Å². The standard InChI is InChI=1S/C15H20F3NO3S/c1-15(2,3)23(21)19-10(7-14(20)22-4)5-9-6-12(17)13(18)8-11(9)16/h6,8,10,19H,5,7H2,1-4H3/t10-,23-/m1/s1. The van der Waals surface area contributed by atoms with E-state index in [9.17, 15) is 22.2 Å². The Kier molecular flexibility index (Phi) is 6.76. The highest BCUT2D eigenvalue weighted by atomic mass is 32.2. The molecule has 0 unspecified atom stereocenters. The van der Waals surface area contributed by atoms with E-state index in [1.807, 2.05) is 0 Å². The van der Waals surface area contributed by atoms with E-state index >= 15 is 0 Å². The zero-order valence-corrected chi connectivity index (χ0v) is 14.2. The Bertz CT molecular complexity index is 602. The number of methoxy groups -OCH3 is 1. The Morgan fingerprint density at radius 3 is 2.30 bits per heavy atom. The van der Waals surface area contributed by atoms with Gasteiger partial charge in [-0.25, -0.2) is 22.1 Å². The maximum atomic E-state index is 13.8. The van der Waals surface area contributed by atoms with E-state index in [4.69, 9.17) is 0 Å². The Labute approximate surface area is 136 Å². The van der Waals surface area contributed by atoms with Crippen LogP contribution in [0, 0.1) is 17.5 Å². The van der Waals surface area contributed by atoms with Gasteiger partial charge in [0.25, 0.3) is 0 Å². The smallest absolute Gasteiger partial charge is 0.307 e. The van der Waals surface area contributed by atoms with Gasteiger partial charge in [0.2, 0.25) is 0 Å². The summed E-state index contributed by atoms with van der Waals surface area (Å²) in [7, 11) is -0.331. The molecule has 23 heavy (non-hydrogen) atoms. The molecule has 0 radical (unpaired) electrons. The minimum atomic E-state index is -1.52. The predicted octanol–water partition coefficient (Wildman–Crippen LogP) is 2.63. The van der Waals surface area contributed by atoms with Gasteiger partial charge in [-0.05, 0) is 38.8 Å². The fraction of sp³-hybridized carbons (Fsp3) is 0.533. The number of benzene rings is 1. The number of rotatable bonds is 6. The molecular weight excluding hydrogens is 331 g/mol. The van der Waals surface area contributed by atoms with Crippen molar-refractivity contribution in [2.24, 2.45) is 0 Å². The van der Waals surface area contributed by atoms with Gasteiger partial charge in [-0.1, -0.05) is 0 Å². The summed E-state index contributed by atoms with van der Waals surface area (Å²) in [5.74, 6) is -3.99. The molecule has 130 valence electrons. The second-order valence-electron chi connectivity index (χ2n) is 6.04. The third-order valence-corrected chi connectivity index (χ3v) is 4.69. The molecule has 2 atom stereocenters. The van der Waals surface area contributed by atoms with Crippen LogP contribution in [0.1, 0.15) is 32.8 Å². The van der Waals surface area contributed by atoms with Gasteiger partial charge >= 0.3 is 5.97 Å². The monoisotopic (exact) mass is 351 g/mol. The lowest BCUT2D eigenvalue weighted by molar-refractivity contribution is -0.141. The van der Waals surface area contributed by atoms with Crippen molar-refractivity contribution in [3.05, 3.63) is 35.1 Å². The molecule has 0 aromatic heterocycles. The molecule has 0 saturated heterocycles. The van der Waals surface area contributed by atoms with Crippen LogP contribution in [-0.4, -0.2) is 28.1 Å². The lowest BCUT2D eigenvalue weighted by Crippen LogP contribution is -2.42. The molecule has 0 aliphatic rings. The van der Waals surface area contributed by atoms with Crippen molar-refractivity contribution in [3.8, 4) is 0 Å². The molecule has 0 bridgehead atoms. The van der Waals surface area contributed by atoms with Gasteiger partial charge in [0.15, 0.2) is 11.6 Å². The summed E-state index contributed by atoms with van der Waals surface area (Å²) in [6.45, 7) is 5.18. The molecule has 0 fully saturated rings. The Morgan fingerprint density at radius 1 is 1.22 bits per heavy atom. The summed E-state index contributed by atoms with van der Waals surface area (Å²) in [6, 6.07) is 0.430. The minimum absolute atomic E-state index is 0.115. The summed E-state index contributed by atoms with van der Waals surface area (Å²) < 4.78 is 58.8. The largest absolute Gasteiger partial charge is 0.469 e. The van der Waals surface area contributed by atoms with Crippen LogP contribution in [0.15, 0.2) is 12.1 Å². The highest BCUT2D eigenvalue weighted by Gasteiger charge is 2.25. The van der Waals surface area contributed by atoms with Crippen LogP contribution < -0.4 is 4.72 Å². The van der Waals surface area contributed by atoms with Crippen molar-refractivity contribution in [2.45, 2.75) is 44.4 Å². The summed E-state index contributed by atoms with van der Waals surface area (Å²) in [4.78, 5) is 11.5. The number of halogens is 3. The maximum Gasteiger partial charge on any atom is 0.307 e. The molecule has 1 N–H and O–H groups in total. The average molecular weight is 351 g/mol. The topological polar surface area (TPSA) is 55.4 Å².